The molecule has 1 aliphatic carbocycles. The second-order valence-electron chi connectivity index (χ2n) is 9.07. The van der Waals surface area contributed by atoms with E-state index in [9.17, 15) is 15.0 Å². The van der Waals surface area contributed by atoms with Crippen molar-refractivity contribution in [2.45, 2.75) is 92.0 Å². The number of ether oxygens (including phenoxy) is 1. The molecule has 1 aliphatic rings. The highest BCUT2D eigenvalue weighted by molar-refractivity contribution is 5.65. The monoisotopic (exact) mass is 393 g/mol. The lowest BCUT2D eigenvalue weighted by Gasteiger charge is -2.23. The summed E-state index contributed by atoms with van der Waals surface area (Å²) in [5.41, 5.74) is 1.76. The van der Waals surface area contributed by atoms with Crippen LogP contribution in [0.15, 0.2) is 0 Å². The first kappa shape index (κ1) is 22.6. The van der Waals surface area contributed by atoms with E-state index in [0.717, 1.165) is 42.2 Å². The van der Waals surface area contributed by atoms with Crippen LogP contribution in [0, 0.1) is 17.8 Å². The van der Waals surface area contributed by atoms with E-state index >= 15 is 0 Å². The molecule has 0 aromatic carbocycles. The van der Waals surface area contributed by atoms with Crippen molar-refractivity contribution in [3.8, 4) is 11.8 Å². The Morgan fingerprint density at radius 3 is 2.46 bits per heavy atom. The molecule has 0 bridgehead atoms. The lowest BCUT2D eigenvalue weighted by atomic mass is 9.82. The van der Waals surface area contributed by atoms with Crippen LogP contribution in [-0.4, -0.2) is 27.4 Å². The molecule has 0 saturated carbocycles. The Morgan fingerprint density at radius 2 is 1.79 bits per heavy atom. The first-order valence-electron chi connectivity index (χ1n) is 11.0. The van der Waals surface area contributed by atoms with Gasteiger partial charge >= 0.3 is 5.97 Å². The Morgan fingerprint density at radius 1 is 1.11 bits per heavy atom. The number of aromatic hydroxyl groups is 2. The van der Waals surface area contributed by atoms with Gasteiger partial charge in [-0.05, 0) is 37.0 Å². The zero-order valence-corrected chi connectivity index (χ0v) is 18.2. The third-order valence-electron chi connectivity index (χ3n) is 6.12. The fourth-order valence-corrected chi connectivity index (χ4v) is 4.43. The van der Waals surface area contributed by atoms with E-state index in [4.69, 9.17) is 4.74 Å². The zero-order valence-electron chi connectivity index (χ0n) is 18.2. The number of carbonyl (C=O) groups is 1. The van der Waals surface area contributed by atoms with Crippen LogP contribution in [0.25, 0.3) is 0 Å². The van der Waals surface area contributed by atoms with Crippen molar-refractivity contribution in [3.63, 3.8) is 0 Å². The lowest BCUT2D eigenvalue weighted by molar-refractivity contribution is -0.141. The second kappa shape index (κ2) is 10.8. The van der Waals surface area contributed by atoms with E-state index in [1.165, 1.54) is 50.0 Å². The van der Waals surface area contributed by atoms with Gasteiger partial charge in [-0.15, -0.1) is 0 Å². The van der Waals surface area contributed by atoms with Crippen LogP contribution in [0.2, 0.25) is 0 Å². The van der Waals surface area contributed by atoms with Crippen LogP contribution in [-0.2, 0) is 28.9 Å². The Labute approximate surface area is 170 Å². The van der Waals surface area contributed by atoms with E-state index in [-0.39, 0.29) is 30.9 Å². The van der Waals surface area contributed by atoms with Gasteiger partial charge < -0.3 is 14.9 Å². The number of hydrogen-bond donors (Lipinski definition) is 2. The summed E-state index contributed by atoms with van der Waals surface area (Å²) in [4.78, 5) is 10.9. The third kappa shape index (κ3) is 6.46. The van der Waals surface area contributed by atoms with Gasteiger partial charge in [0.05, 0.1) is 6.54 Å². The van der Waals surface area contributed by atoms with Crippen LogP contribution in [0.4, 0.5) is 0 Å². The van der Waals surface area contributed by atoms with E-state index in [0.29, 0.717) is 5.92 Å². The molecule has 2 unspecified atom stereocenters. The van der Waals surface area contributed by atoms with Crippen molar-refractivity contribution < 1.29 is 19.7 Å². The second-order valence-corrected chi connectivity index (χ2v) is 9.07. The standard InChI is InChI=1S/C23H39NO4/c1-16(2)7-5-8-17(3)9-6-10-19-11-12-20-21(15-19)23(27)24(22(20)26)13-14-28-18(4)25/h16-17,19,26-27H,5-15H2,1-4H3. The van der Waals surface area contributed by atoms with Crippen molar-refractivity contribution in [2.75, 3.05) is 6.61 Å². The molecule has 2 N–H and O–H groups in total. The number of carbonyl (C=O) groups excluding carboxylic acids is 1. The summed E-state index contributed by atoms with van der Waals surface area (Å²) in [7, 11) is 0. The summed E-state index contributed by atoms with van der Waals surface area (Å²) in [6.07, 6.45) is 10.4. The first-order valence-corrected chi connectivity index (χ1v) is 11.0. The minimum atomic E-state index is -0.352. The Bertz CT molecular complexity index is 635. The number of fused-ring (bicyclic) bond motifs is 1. The largest absolute Gasteiger partial charge is 0.494 e. The van der Waals surface area contributed by atoms with Crippen molar-refractivity contribution >= 4 is 5.97 Å². The normalized spacial score (nSPS) is 17.5. The Hall–Kier alpha value is -1.65. The van der Waals surface area contributed by atoms with Crippen LogP contribution in [0.1, 0.15) is 83.8 Å². The Kier molecular flexibility index (Phi) is 8.71. The molecule has 0 aliphatic heterocycles. The molecule has 5 heteroatoms. The molecular formula is C23H39NO4. The molecule has 0 saturated heterocycles. The molecule has 1 aromatic heterocycles. The highest BCUT2D eigenvalue weighted by atomic mass is 16.5. The van der Waals surface area contributed by atoms with Gasteiger partial charge in [0.15, 0.2) is 11.8 Å². The van der Waals surface area contributed by atoms with Gasteiger partial charge in [-0.25, -0.2) is 0 Å². The number of rotatable bonds is 11. The van der Waals surface area contributed by atoms with Crippen LogP contribution in [0.3, 0.4) is 0 Å². The van der Waals surface area contributed by atoms with Crippen molar-refractivity contribution in [1.82, 2.24) is 4.57 Å². The maximum Gasteiger partial charge on any atom is 0.302 e. The average molecular weight is 394 g/mol. The third-order valence-corrected chi connectivity index (χ3v) is 6.12. The summed E-state index contributed by atoms with van der Waals surface area (Å²) >= 11 is 0. The summed E-state index contributed by atoms with van der Waals surface area (Å²) < 4.78 is 6.42. The van der Waals surface area contributed by atoms with Gasteiger partial charge in [0.1, 0.15) is 6.61 Å². The van der Waals surface area contributed by atoms with Gasteiger partial charge in [0.2, 0.25) is 0 Å². The molecule has 0 radical (unpaired) electrons. The predicted molar refractivity (Wildman–Crippen MR) is 112 cm³/mol. The molecule has 2 rings (SSSR count). The topological polar surface area (TPSA) is 71.7 Å². The molecule has 1 aromatic rings. The molecule has 1 heterocycles. The average Bonchev–Trinajstić information content (AvgIpc) is 2.85. The van der Waals surface area contributed by atoms with Gasteiger partial charge in [-0.2, -0.15) is 0 Å². The van der Waals surface area contributed by atoms with Crippen LogP contribution in [0.5, 0.6) is 11.8 Å². The van der Waals surface area contributed by atoms with E-state index in [1.807, 2.05) is 0 Å². The van der Waals surface area contributed by atoms with Gasteiger partial charge in [0, 0.05) is 18.1 Å². The molecule has 28 heavy (non-hydrogen) atoms. The highest BCUT2D eigenvalue weighted by Crippen LogP contribution is 2.41. The van der Waals surface area contributed by atoms with Crippen LogP contribution >= 0.6 is 0 Å². The molecule has 2 atom stereocenters. The zero-order chi connectivity index (χ0) is 20.7. The first-order chi connectivity index (χ1) is 13.3. The smallest absolute Gasteiger partial charge is 0.302 e. The van der Waals surface area contributed by atoms with Crippen molar-refractivity contribution in [3.05, 3.63) is 11.1 Å². The summed E-state index contributed by atoms with van der Waals surface area (Å²) in [6.45, 7) is 8.74. The van der Waals surface area contributed by atoms with E-state index in [1.54, 1.807) is 0 Å². The summed E-state index contributed by atoms with van der Waals surface area (Å²) in [5.74, 6) is 2.09. The van der Waals surface area contributed by atoms with E-state index in [2.05, 4.69) is 20.8 Å². The molecule has 0 amide bonds. The van der Waals surface area contributed by atoms with Gasteiger partial charge in [-0.3, -0.25) is 9.36 Å². The molecule has 0 spiro atoms. The maximum absolute atomic E-state index is 10.9. The quantitative estimate of drug-likeness (QED) is 0.507. The van der Waals surface area contributed by atoms with Crippen molar-refractivity contribution in [2.24, 2.45) is 17.8 Å². The number of aromatic nitrogens is 1. The highest BCUT2D eigenvalue weighted by Gasteiger charge is 2.28. The van der Waals surface area contributed by atoms with Crippen molar-refractivity contribution in [1.29, 1.82) is 0 Å². The van der Waals surface area contributed by atoms with Gasteiger partial charge in [-0.1, -0.05) is 59.3 Å². The van der Waals surface area contributed by atoms with E-state index < -0.39 is 0 Å². The van der Waals surface area contributed by atoms with Gasteiger partial charge in [0.25, 0.3) is 0 Å². The summed E-state index contributed by atoms with van der Waals surface area (Å²) in [6, 6.07) is 0. The molecule has 160 valence electrons. The SMILES string of the molecule is CC(=O)OCCn1c(O)c2c(c1O)CC(CCCC(C)CCCC(C)C)CC2. The number of esters is 1. The fourth-order valence-electron chi connectivity index (χ4n) is 4.43. The fraction of sp³-hybridized carbons (Fsp3) is 0.783. The number of nitrogens with zero attached hydrogens (tertiary/aromatic N) is 1. The van der Waals surface area contributed by atoms with Crippen LogP contribution < -0.4 is 0 Å². The predicted octanol–water partition coefficient (Wildman–Crippen LogP) is 5.20. The molecular weight excluding hydrogens is 354 g/mol. The Balaban J connectivity index is 1.81. The minimum absolute atomic E-state index is 0.136. The minimum Gasteiger partial charge on any atom is -0.494 e. The summed E-state index contributed by atoms with van der Waals surface area (Å²) in [5, 5.41) is 21.0. The lowest BCUT2D eigenvalue weighted by Crippen LogP contribution is -2.13. The molecule has 5 nitrogen and oxygen atoms in total. The number of hydrogen-bond acceptors (Lipinski definition) is 4. The molecule has 0 fully saturated rings. The maximum atomic E-state index is 10.9.